The number of nitrogens with two attached hydrogens (primary N) is 1. The topological polar surface area (TPSA) is 71.8 Å². The molecular weight excluding hydrogens is 246 g/mol. The maximum Gasteiger partial charge on any atom is 0.251 e. The van der Waals surface area contributed by atoms with Gasteiger partial charge >= 0.3 is 0 Å². The van der Waals surface area contributed by atoms with Crippen LogP contribution < -0.4 is 11.3 Å². The number of fused-ring (bicyclic) bond motifs is 1. The highest BCUT2D eigenvalue weighted by molar-refractivity contribution is 7.99. The lowest BCUT2D eigenvalue weighted by atomic mass is 10.1. The second-order valence-electron chi connectivity index (χ2n) is 4.32. The van der Waals surface area contributed by atoms with Gasteiger partial charge in [0, 0.05) is 23.6 Å². The van der Waals surface area contributed by atoms with E-state index in [1.165, 1.54) is 35.2 Å². The Morgan fingerprint density at radius 3 is 2.94 bits per heavy atom. The van der Waals surface area contributed by atoms with Crippen molar-refractivity contribution in [2.45, 2.75) is 22.9 Å². The van der Waals surface area contributed by atoms with Crippen molar-refractivity contribution < 1.29 is 0 Å². The molecule has 1 aliphatic carbocycles. The first-order chi connectivity index (χ1) is 8.74. The lowest BCUT2D eigenvalue weighted by Crippen LogP contribution is -2.20. The van der Waals surface area contributed by atoms with Gasteiger partial charge < -0.3 is 10.7 Å². The third-order valence-electron chi connectivity index (χ3n) is 3.15. The molecule has 0 saturated heterocycles. The van der Waals surface area contributed by atoms with E-state index in [0.717, 1.165) is 6.42 Å². The third-order valence-corrected chi connectivity index (χ3v) is 4.34. The van der Waals surface area contributed by atoms with Crippen molar-refractivity contribution in [1.82, 2.24) is 9.97 Å². The monoisotopic (exact) mass is 259 g/mol. The summed E-state index contributed by atoms with van der Waals surface area (Å²) >= 11 is 1.54. The second-order valence-corrected chi connectivity index (χ2v) is 5.55. The molecule has 5 heteroatoms. The summed E-state index contributed by atoms with van der Waals surface area (Å²) in [6.07, 6.45) is 2.44. The van der Waals surface area contributed by atoms with Gasteiger partial charge in [-0.15, -0.1) is 0 Å². The van der Waals surface area contributed by atoms with E-state index in [2.05, 4.69) is 22.1 Å². The summed E-state index contributed by atoms with van der Waals surface area (Å²) in [4.78, 5) is 18.1. The minimum absolute atomic E-state index is 0.00305. The number of hydrogen-bond donors (Lipinski definition) is 2. The molecule has 0 saturated carbocycles. The average molecular weight is 259 g/mol. The van der Waals surface area contributed by atoms with Gasteiger partial charge in [-0.25, -0.2) is 4.98 Å². The largest absolute Gasteiger partial charge is 0.323 e. The molecule has 0 amide bonds. The number of benzene rings is 1. The van der Waals surface area contributed by atoms with Crippen molar-refractivity contribution in [2.24, 2.45) is 5.73 Å². The molecule has 0 aliphatic heterocycles. The predicted molar refractivity (Wildman–Crippen MR) is 71.6 cm³/mol. The highest BCUT2D eigenvalue weighted by Crippen LogP contribution is 2.38. The van der Waals surface area contributed by atoms with Crippen LogP contribution in [0.15, 0.2) is 46.5 Å². The highest BCUT2D eigenvalue weighted by atomic mass is 32.2. The zero-order valence-electron chi connectivity index (χ0n) is 9.67. The lowest BCUT2D eigenvalue weighted by molar-refractivity contribution is 0.727. The molecule has 4 nitrogen and oxygen atoms in total. The Balaban J connectivity index is 1.83. The summed E-state index contributed by atoms with van der Waals surface area (Å²) in [6.45, 7) is 0. The van der Waals surface area contributed by atoms with Crippen LogP contribution in [0.3, 0.4) is 0 Å². The van der Waals surface area contributed by atoms with Gasteiger partial charge in [-0.1, -0.05) is 36.0 Å². The van der Waals surface area contributed by atoms with Crippen molar-refractivity contribution in [3.05, 3.63) is 58.0 Å². The van der Waals surface area contributed by atoms with Crippen LogP contribution >= 0.6 is 11.8 Å². The van der Waals surface area contributed by atoms with Crippen molar-refractivity contribution in [1.29, 1.82) is 0 Å². The Kier molecular flexibility index (Phi) is 2.93. The standard InChI is InChI=1S/C13H13N3OS/c14-12-9-4-2-1-3-8(9)7-10(12)18-13-15-6-5-11(17)16-13/h1-6,10,12H,7,14H2,(H,15,16,17). The molecule has 0 bridgehead atoms. The minimum atomic E-state index is -0.128. The van der Waals surface area contributed by atoms with E-state index in [1.54, 1.807) is 0 Å². The lowest BCUT2D eigenvalue weighted by Gasteiger charge is -2.14. The second kappa shape index (κ2) is 4.59. The van der Waals surface area contributed by atoms with Gasteiger partial charge in [0.25, 0.3) is 5.56 Å². The Labute approximate surface area is 109 Å². The number of aromatic nitrogens is 2. The van der Waals surface area contributed by atoms with Crippen LogP contribution in [-0.4, -0.2) is 15.2 Å². The van der Waals surface area contributed by atoms with Gasteiger partial charge in [-0.3, -0.25) is 4.79 Å². The number of aromatic amines is 1. The first-order valence-corrected chi connectivity index (χ1v) is 6.67. The Morgan fingerprint density at radius 2 is 2.17 bits per heavy atom. The van der Waals surface area contributed by atoms with E-state index in [4.69, 9.17) is 5.73 Å². The van der Waals surface area contributed by atoms with Crippen molar-refractivity contribution in [3.8, 4) is 0 Å². The summed E-state index contributed by atoms with van der Waals surface area (Å²) in [6, 6.07) is 9.62. The number of hydrogen-bond acceptors (Lipinski definition) is 4. The van der Waals surface area contributed by atoms with Gasteiger partial charge in [0.05, 0.1) is 0 Å². The molecule has 1 heterocycles. The molecule has 0 fully saturated rings. The van der Waals surface area contributed by atoms with Gasteiger partial charge in [-0.2, -0.15) is 0 Å². The highest BCUT2D eigenvalue weighted by Gasteiger charge is 2.30. The average Bonchev–Trinajstić information content (AvgIpc) is 2.67. The quantitative estimate of drug-likeness (QED) is 0.801. The fourth-order valence-corrected chi connectivity index (χ4v) is 3.38. The van der Waals surface area contributed by atoms with Crippen LogP contribution in [0.5, 0.6) is 0 Å². The van der Waals surface area contributed by atoms with E-state index in [9.17, 15) is 4.79 Å². The van der Waals surface area contributed by atoms with Crippen LogP contribution in [0, 0.1) is 0 Å². The summed E-state index contributed by atoms with van der Waals surface area (Å²) < 4.78 is 0. The maximum atomic E-state index is 11.2. The van der Waals surface area contributed by atoms with Crippen LogP contribution in [0.2, 0.25) is 0 Å². The Bertz CT molecular complexity index is 625. The molecule has 1 aliphatic rings. The van der Waals surface area contributed by atoms with Crippen molar-refractivity contribution in [2.75, 3.05) is 0 Å². The Morgan fingerprint density at radius 1 is 1.33 bits per heavy atom. The fourth-order valence-electron chi connectivity index (χ4n) is 2.26. The summed E-state index contributed by atoms with van der Waals surface area (Å²) in [5, 5.41) is 0.865. The number of rotatable bonds is 2. The molecule has 3 rings (SSSR count). The minimum Gasteiger partial charge on any atom is -0.323 e. The van der Waals surface area contributed by atoms with Crippen molar-refractivity contribution in [3.63, 3.8) is 0 Å². The van der Waals surface area contributed by atoms with Crippen LogP contribution in [0.1, 0.15) is 17.2 Å². The third kappa shape index (κ3) is 2.07. The SMILES string of the molecule is NC1c2ccccc2CC1Sc1nccc(=O)[nH]1. The zero-order valence-corrected chi connectivity index (χ0v) is 10.5. The number of nitrogens with one attached hydrogen (secondary N) is 1. The molecular formula is C13H13N3OS. The Hall–Kier alpha value is -1.59. The normalized spacial score (nSPS) is 21.8. The number of nitrogens with zero attached hydrogens (tertiary/aromatic N) is 1. The fraction of sp³-hybridized carbons (Fsp3) is 0.231. The van der Waals surface area contributed by atoms with E-state index >= 15 is 0 Å². The van der Waals surface area contributed by atoms with Gasteiger partial charge in [0.15, 0.2) is 5.16 Å². The van der Waals surface area contributed by atoms with Gasteiger partial charge in [0.1, 0.15) is 0 Å². The molecule has 92 valence electrons. The molecule has 0 spiro atoms. The summed E-state index contributed by atoms with van der Waals surface area (Å²) in [5.41, 5.74) is 8.60. The van der Waals surface area contributed by atoms with E-state index in [1.807, 2.05) is 12.1 Å². The molecule has 18 heavy (non-hydrogen) atoms. The van der Waals surface area contributed by atoms with Gasteiger partial charge in [0.2, 0.25) is 0 Å². The number of thioether (sulfide) groups is 1. The molecule has 1 aromatic carbocycles. The van der Waals surface area contributed by atoms with E-state index in [-0.39, 0.29) is 16.9 Å². The van der Waals surface area contributed by atoms with Gasteiger partial charge in [-0.05, 0) is 17.5 Å². The van der Waals surface area contributed by atoms with Crippen LogP contribution in [0.25, 0.3) is 0 Å². The molecule has 2 unspecified atom stereocenters. The first-order valence-electron chi connectivity index (χ1n) is 5.79. The molecule has 2 atom stereocenters. The zero-order chi connectivity index (χ0) is 12.5. The first kappa shape index (κ1) is 11.5. The van der Waals surface area contributed by atoms with Crippen molar-refractivity contribution >= 4 is 11.8 Å². The predicted octanol–water partition coefficient (Wildman–Crippen LogP) is 1.49. The molecule has 3 N–H and O–H groups in total. The summed E-state index contributed by atoms with van der Waals surface area (Å²) in [7, 11) is 0. The van der Waals surface area contributed by atoms with Crippen LogP contribution in [0.4, 0.5) is 0 Å². The molecule has 1 aromatic heterocycles. The maximum absolute atomic E-state index is 11.2. The summed E-state index contributed by atoms with van der Waals surface area (Å²) in [5.74, 6) is 0. The molecule has 0 radical (unpaired) electrons. The smallest absolute Gasteiger partial charge is 0.251 e. The van der Waals surface area contributed by atoms with E-state index < -0.39 is 0 Å². The van der Waals surface area contributed by atoms with Crippen LogP contribution in [-0.2, 0) is 6.42 Å². The van der Waals surface area contributed by atoms with E-state index in [0.29, 0.717) is 5.16 Å². The number of H-pyrrole nitrogens is 1. The molecule has 2 aromatic rings.